The molecule has 1 N–H and O–H groups in total. The summed E-state index contributed by atoms with van der Waals surface area (Å²) in [5, 5.41) is 9.68. The first-order valence-electron chi connectivity index (χ1n) is 8.87. The number of aliphatic hydroxyl groups is 1. The molecule has 1 amide bonds. The lowest BCUT2D eigenvalue weighted by atomic mass is 10.0. The summed E-state index contributed by atoms with van der Waals surface area (Å²) < 4.78 is 2.20. The van der Waals surface area contributed by atoms with Gasteiger partial charge in [0, 0.05) is 42.2 Å². The van der Waals surface area contributed by atoms with Crippen LogP contribution in [0.3, 0.4) is 0 Å². The zero-order chi connectivity index (χ0) is 18.0. The largest absolute Gasteiger partial charge is 0.393 e. The highest BCUT2D eigenvalue weighted by atomic mass is 16.3. The fourth-order valence-electron chi connectivity index (χ4n) is 3.58. The van der Waals surface area contributed by atoms with E-state index in [1.54, 1.807) is 13.0 Å². The summed E-state index contributed by atoms with van der Waals surface area (Å²) in [6, 6.07) is 12.3. The third kappa shape index (κ3) is 3.69. The van der Waals surface area contributed by atoms with Gasteiger partial charge in [-0.05, 0) is 57.0 Å². The van der Waals surface area contributed by atoms with Crippen LogP contribution in [0.5, 0.6) is 0 Å². The second-order valence-corrected chi connectivity index (χ2v) is 6.90. The normalized spacial score (nSPS) is 18.9. The van der Waals surface area contributed by atoms with Gasteiger partial charge in [-0.15, -0.1) is 0 Å². The van der Waals surface area contributed by atoms with Crippen molar-refractivity contribution in [2.45, 2.75) is 33.3 Å². The number of nitrogens with zero attached hydrogens (tertiary/aromatic N) is 2. The molecule has 4 nitrogen and oxygen atoms in total. The second-order valence-electron chi connectivity index (χ2n) is 6.90. The number of para-hydroxylation sites is 1. The molecule has 2 atom stereocenters. The second kappa shape index (κ2) is 7.28. The monoisotopic (exact) mass is 338 g/mol. The van der Waals surface area contributed by atoms with Crippen LogP contribution in [0.4, 0.5) is 0 Å². The Morgan fingerprint density at radius 3 is 2.64 bits per heavy atom. The van der Waals surface area contributed by atoms with Crippen molar-refractivity contribution in [1.82, 2.24) is 9.47 Å². The van der Waals surface area contributed by atoms with Gasteiger partial charge < -0.3 is 14.6 Å². The van der Waals surface area contributed by atoms with Gasteiger partial charge in [0.25, 0.3) is 0 Å². The summed E-state index contributed by atoms with van der Waals surface area (Å²) in [4.78, 5) is 14.2. The van der Waals surface area contributed by atoms with Crippen molar-refractivity contribution in [2.75, 3.05) is 13.1 Å². The molecule has 0 spiro atoms. The summed E-state index contributed by atoms with van der Waals surface area (Å²) in [6.45, 7) is 7.31. The summed E-state index contributed by atoms with van der Waals surface area (Å²) in [5.74, 6) is 0.216. The molecule has 0 saturated carbocycles. The molecular weight excluding hydrogens is 312 g/mol. The van der Waals surface area contributed by atoms with Crippen molar-refractivity contribution in [3.8, 4) is 5.69 Å². The van der Waals surface area contributed by atoms with E-state index in [2.05, 4.69) is 36.6 Å². The lowest BCUT2D eigenvalue weighted by molar-refractivity contribution is -0.125. The molecule has 0 bridgehead atoms. The van der Waals surface area contributed by atoms with Gasteiger partial charge in [0.1, 0.15) is 0 Å². The van der Waals surface area contributed by atoms with Crippen LogP contribution in [0, 0.1) is 19.8 Å². The van der Waals surface area contributed by atoms with E-state index < -0.39 is 0 Å². The molecule has 1 aliphatic rings. The van der Waals surface area contributed by atoms with E-state index >= 15 is 0 Å². The molecule has 1 fully saturated rings. The molecule has 1 aromatic heterocycles. The fourth-order valence-corrected chi connectivity index (χ4v) is 3.58. The first-order chi connectivity index (χ1) is 12.0. The Labute approximate surface area is 149 Å². The number of carbonyl (C=O) groups excluding carboxylic acids is 1. The number of amides is 1. The lowest BCUT2D eigenvalue weighted by Crippen LogP contribution is -2.28. The van der Waals surface area contributed by atoms with Gasteiger partial charge in [-0.2, -0.15) is 0 Å². The number of rotatable bonds is 4. The topological polar surface area (TPSA) is 45.5 Å². The van der Waals surface area contributed by atoms with Crippen LogP contribution >= 0.6 is 0 Å². The number of aromatic nitrogens is 1. The average molecular weight is 338 g/mol. The maximum atomic E-state index is 12.4. The summed E-state index contributed by atoms with van der Waals surface area (Å²) in [5.41, 5.74) is 4.45. The van der Waals surface area contributed by atoms with Crippen molar-refractivity contribution in [3.63, 3.8) is 0 Å². The van der Waals surface area contributed by atoms with Crippen LogP contribution in [0.2, 0.25) is 0 Å². The Morgan fingerprint density at radius 1 is 1.28 bits per heavy atom. The van der Waals surface area contributed by atoms with Gasteiger partial charge in [0.2, 0.25) is 5.91 Å². The Morgan fingerprint density at radius 2 is 2.00 bits per heavy atom. The van der Waals surface area contributed by atoms with E-state index in [4.69, 9.17) is 0 Å². The summed E-state index contributed by atoms with van der Waals surface area (Å²) >= 11 is 0. The van der Waals surface area contributed by atoms with Gasteiger partial charge in [0.05, 0.1) is 6.10 Å². The molecular formula is C21H26N2O2. The Kier molecular flexibility index (Phi) is 5.09. The van der Waals surface area contributed by atoms with Gasteiger partial charge in [-0.25, -0.2) is 0 Å². The molecule has 1 aliphatic heterocycles. The molecule has 132 valence electrons. The quantitative estimate of drug-likeness (QED) is 0.869. The first kappa shape index (κ1) is 17.5. The first-order valence-corrected chi connectivity index (χ1v) is 8.87. The molecule has 2 aromatic rings. The van der Waals surface area contributed by atoms with E-state index in [0.717, 1.165) is 35.6 Å². The molecule has 2 heterocycles. The van der Waals surface area contributed by atoms with Gasteiger partial charge in [0.15, 0.2) is 0 Å². The summed E-state index contributed by atoms with van der Waals surface area (Å²) in [6.07, 6.45) is 4.08. The van der Waals surface area contributed by atoms with Crippen molar-refractivity contribution in [1.29, 1.82) is 0 Å². The van der Waals surface area contributed by atoms with Crippen LogP contribution in [0.1, 0.15) is 30.3 Å². The number of aliphatic hydroxyl groups excluding tert-OH is 1. The predicted molar refractivity (Wildman–Crippen MR) is 101 cm³/mol. The third-order valence-electron chi connectivity index (χ3n) is 5.11. The molecule has 0 radical (unpaired) electrons. The highest BCUT2D eigenvalue weighted by Crippen LogP contribution is 2.23. The van der Waals surface area contributed by atoms with Gasteiger partial charge in [-0.1, -0.05) is 18.2 Å². The van der Waals surface area contributed by atoms with Gasteiger partial charge in [-0.3, -0.25) is 4.79 Å². The van der Waals surface area contributed by atoms with E-state index in [1.165, 1.54) is 0 Å². The van der Waals surface area contributed by atoms with Crippen molar-refractivity contribution in [2.24, 2.45) is 5.92 Å². The zero-order valence-electron chi connectivity index (χ0n) is 15.1. The SMILES string of the molecule is Cc1cc(/C=C/C(=O)N2CCC(C(C)O)C2)c(C)n1-c1ccccc1. The Hall–Kier alpha value is -2.33. The minimum Gasteiger partial charge on any atom is -0.393 e. The fraction of sp³-hybridized carbons (Fsp3) is 0.381. The molecule has 0 aliphatic carbocycles. The van der Waals surface area contributed by atoms with Crippen molar-refractivity contribution >= 4 is 12.0 Å². The van der Waals surface area contributed by atoms with Crippen LogP contribution in [0.25, 0.3) is 11.8 Å². The van der Waals surface area contributed by atoms with Crippen molar-refractivity contribution in [3.05, 3.63) is 59.4 Å². The molecule has 4 heteroatoms. The third-order valence-corrected chi connectivity index (χ3v) is 5.11. The maximum absolute atomic E-state index is 12.4. The highest BCUT2D eigenvalue weighted by molar-refractivity contribution is 5.92. The predicted octanol–water partition coefficient (Wildman–Crippen LogP) is 3.34. The zero-order valence-corrected chi connectivity index (χ0v) is 15.1. The molecule has 1 aromatic carbocycles. The number of aryl methyl sites for hydroxylation is 1. The minimum atomic E-state index is -0.355. The summed E-state index contributed by atoms with van der Waals surface area (Å²) in [7, 11) is 0. The molecule has 2 unspecified atom stereocenters. The standard InChI is InChI=1S/C21H26N2O2/c1-15-13-18(16(2)23(15)20-7-5-4-6-8-20)9-10-21(25)22-12-11-19(14-22)17(3)24/h4-10,13,17,19,24H,11-12,14H2,1-3H3/b10-9+. The van der Waals surface area contributed by atoms with Crippen LogP contribution < -0.4 is 0 Å². The number of hydrogen-bond acceptors (Lipinski definition) is 2. The number of benzene rings is 1. The number of likely N-dealkylation sites (tertiary alicyclic amines) is 1. The lowest BCUT2D eigenvalue weighted by Gasteiger charge is -2.15. The minimum absolute atomic E-state index is 0.0210. The van der Waals surface area contributed by atoms with Crippen LogP contribution in [-0.2, 0) is 4.79 Å². The maximum Gasteiger partial charge on any atom is 0.246 e. The molecule has 1 saturated heterocycles. The molecule has 25 heavy (non-hydrogen) atoms. The van der Waals surface area contributed by atoms with Gasteiger partial charge >= 0.3 is 0 Å². The molecule has 3 rings (SSSR count). The Balaban J connectivity index is 1.75. The van der Waals surface area contributed by atoms with E-state index in [1.807, 2.05) is 29.2 Å². The number of hydrogen-bond donors (Lipinski definition) is 1. The van der Waals surface area contributed by atoms with E-state index in [0.29, 0.717) is 6.54 Å². The average Bonchev–Trinajstić information content (AvgIpc) is 3.19. The van der Waals surface area contributed by atoms with Crippen LogP contribution in [-0.4, -0.2) is 39.7 Å². The highest BCUT2D eigenvalue weighted by Gasteiger charge is 2.27. The Bertz CT molecular complexity index is 775. The van der Waals surface area contributed by atoms with Crippen molar-refractivity contribution < 1.29 is 9.90 Å². The van der Waals surface area contributed by atoms with E-state index in [9.17, 15) is 9.90 Å². The smallest absolute Gasteiger partial charge is 0.246 e. The number of carbonyl (C=O) groups is 1. The van der Waals surface area contributed by atoms with E-state index in [-0.39, 0.29) is 17.9 Å². The van der Waals surface area contributed by atoms with Crippen LogP contribution in [0.15, 0.2) is 42.5 Å².